The van der Waals surface area contributed by atoms with E-state index in [0.717, 1.165) is 47.4 Å². The van der Waals surface area contributed by atoms with E-state index in [4.69, 9.17) is 10.1 Å². The maximum Gasteiger partial charge on any atom is 0.119 e. The molecule has 0 saturated heterocycles. The first-order chi connectivity index (χ1) is 14.4. The zero-order valence-corrected chi connectivity index (χ0v) is 16.6. The van der Waals surface area contributed by atoms with E-state index in [1.165, 1.54) is 21.7 Å². The van der Waals surface area contributed by atoms with Gasteiger partial charge in [-0.25, -0.2) is 4.98 Å². The van der Waals surface area contributed by atoms with Crippen LogP contribution in [0.2, 0.25) is 0 Å². The van der Waals surface area contributed by atoms with E-state index < -0.39 is 0 Å². The van der Waals surface area contributed by atoms with Gasteiger partial charge in [0.05, 0.1) is 21.8 Å². The monoisotopic (exact) mass is 394 g/mol. The lowest BCUT2D eigenvalue weighted by molar-refractivity contribution is 0.658. The van der Waals surface area contributed by atoms with Crippen molar-refractivity contribution < 1.29 is 0 Å². The minimum Gasteiger partial charge on any atom is -0.268 e. The summed E-state index contributed by atoms with van der Waals surface area (Å²) in [5.74, 6) is 0. The van der Waals surface area contributed by atoms with E-state index >= 15 is 0 Å². The molecule has 0 aliphatic carbocycles. The van der Waals surface area contributed by atoms with Crippen molar-refractivity contribution in [3.8, 4) is 33.1 Å². The molecule has 0 radical (unpaired) electrons. The Balaban J connectivity index is 1.60. The Labute approximate surface area is 172 Å². The molecule has 5 heteroatoms. The third kappa shape index (κ3) is 2.69. The van der Waals surface area contributed by atoms with Gasteiger partial charge in [-0.15, -0.1) is 11.3 Å². The molecule has 1 aromatic carbocycles. The van der Waals surface area contributed by atoms with Gasteiger partial charge in [0.25, 0.3) is 0 Å². The zero-order valence-electron chi connectivity index (χ0n) is 15.7. The molecule has 1 aliphatic rings. The van der Waals surface area contributed by atoms with Crippen molar-refractivity contribution in [2.75, 3.05) is 0 Å². The van der Waals surface area contributed by atoms with Crippen molar-refractivity contribution in [2.45, 2.75) is 19.4 Å². The second-order valence-electron chi connectivity index (χ2n) is 7.26. The first-order valence-electron chi connectivity index (χ1n) is 9.83. The standard InChI is InChI=1S/C24H18N4S/c1-2-7-18-16(6-1)17(12-13-25-18)23-21-10-4-14-28(21)27-24(23)20-9-3-8-19(26-20)22-11-5-15-29-22/h1-3,5-9,11-13,15H,4,10,14H2. The van der Waals surface area contributed by atoms with Gasteiger partial charge < -0.3 is 0 Å². The minimum atomic E-state index is 0.925. The molecule has 0 fully saturated rings. The molecule has 6 rings (SSSR count). The highest BCUT2D eigenvalue weighted by molar-refractivity contribution is 7.13. The lowest BCUT2D eigenvalue weighted by Crippen LogP contribution is -1.95. The number of nitrogens with zero attached hydrogens (tertiary/aromatic N) is 4. The fourth-order valence-corrected chi connectivity index (χ4v) is 4.93. The average Bonchev–Trinajstić information content (AvgIpc) is 3.51. The van der Waals surface area contributed by atoms with E-state index in [1.807, 2.05) is 12.3 Å². The highest BCUT2D eigenvalue weighted by Gasteiger charge is 2.25. The van der Waals surface area contributed by atoms with E-state index in [2.05, 4.69) is 69.6 Å². The van der Waals surface area contributed by atoms with E-state index in [9.17, 15) is 0 Å². The topological polar surface area (TPSA) is 43.6 Å². The van der Waals surface area contributed by atoms with Crippen LogP contribution >= 0.6 is 11.3 Å². The first-order valence-corrected chi connectivity index (χ1v) is 10.7. The number of pyridine rings is 2. The number of thiophene rings is 1. The number of para-hydroxylation sites is 1. The third-order valence-corrected chi connectivity index (χ3v) is 6.42. The first kappa shape index (κ1) is 16.6. The van der Waals surface area contributed by atoms with Crippen LogP contribution in [0, 0.1) is 0 Å². The minimum absolute atomic E-state index is 0.925. The fourth-order valence-electron chi connectivity index (χ4n) is 4.24. The maximum absolute atomic E-state index is 5.00. The number of fused-ring (bicyclic) bond motifs is 2. The summed E-state index contributed by atoms with van der Waals surface area (Å²) in [6.45, 7) is 0.968. The number of hydrogen-bond donors (Lipinski definition) is 0. The Bertz CT molecular complexity index is 1330. The van der Waals surface area contributed by atoms with Crippen molar-refractivity contribution in [2.24, 2.45) is 0 Å². The summed E-state index contributed by atoms with van der Waals surface area (Å²) in [6.07, 6.45) is 4.08. The van der Waals surface area contributed by atoms with Crippen LogP contribution in [-0.4, -0.2) is 19.7 Å². The Morgan fingerprint density at radius 2 is 1.83 bits per heavy atom. The van der Waals surface area contributed by atoms with E-state index in [1.54, 1.807) is 11.3 Å². The molecule has 0 unspecified atom stereocenters. The predicted octanol–water partition coefficient (Wildman–Crippen LogP) is 5.84. The van der Waals surface area contributed by atoms with Gasteiger partial charge in [-0.1, -0.05) is 30.3 Å². The van der Waals surface area contributed by atoms with Gasteiger partial charge in [-0.3, -0.25) is 9.67 Å². The molecule has 140 valence electrons. The van der Waals surface area contributed by atoms with Gasteiger partial charge in [-0.05, 0) is 54.1 Å². The average molecular weight is 395 g/mol. The molecule has 4 nitrogen and oxygen atoms in total. The van der Waals surface area contributed by atoms with Crippen LogP contribution < -0.4 is 0 Å². The van der Waals surface area contributed by atoms with Gasteiger partial charge in [0.2, 0.25) is 0 Å². The van der Waals surface area contributed by atoms with Gasteiger partial charge in [-0.2, -0.15) is 5.10 Å². The molecule has 0 amide bonds. The number of aryl methyl sites for hydroxylation is 1. The lowest BCUT2D eigenvalue weighted by atomic mass is 9.96. The van der Waals surface area contributed by atoms with Crippen molar-refractivity contribution in [3.05, 3.63) is 77.9 Å². The number of hydrogen-bond acceptors (Lipinski definition) is 4. The van der Waals surface area contributed by atoms with E-state index in [0.29, 0.717) is 0 Å². The van der Waals surface area contributed by atoms with Crippen LogP contribution in [0.5, 0.6) is 0 Å². The summed E-state index contributed by atoms with van der Waals surface area (Å²) in [5.41, 5.74) is 7.60. The Kier molecular flexibility index (Phi) is 3.81. The second kappa shape index (κ2) is 6.64. The van der Waals surface area contributed by atoms with Gasteiger partial charge in [0, 0.05) is 29.4 Å². The van der Waals surface area contributed by atoms with Gasteiger partial charge in [0.1, 0.15) is 5.69 Å². The summed E-state index contributed by atoms with van der Waals surface area (Å²) in [6, 6.07) is 20.8. The highest BCUT2D eigenvalue weighted by atomic mass is 32.1. The number of rotatable bonds is 3. The molecule has 0 saturated carbocycles. The predicted molar refractivity (Wildman–Crippen MR) is 118 cm³/mol. The molecule has 0 spiro atoms. The quantitative estimate of drug-likeness (QED) is 0.386. The number of benzene rings is 1. The van der Waals surface area contributed by atoms with Crippen LogP contribution in [0.4, 0.5) is 0 Å². The van der Waals surface area contributed by atoms with Gasteiger partial charge in [0.15, 0.2) is 0 Å². The molecule has 4 aromatic heterocycles. The van der Waals surface area contributed by atoms with Crippen LogP contribution in [0.25, 0.3) is 44.0 Å². The molecule has 5 heterocycles. The summed E-state index contributed by atoms with van der Waals surface area (Å²) in [7, 11) is 0. The molecule has 0 bridgehead atoms. The molecule has 1 aliphatic heterocycles. The molecule has 0 atom stereocenters. The van der Waals surface area contributed by atoms with Crippen LogP contribution in [-0.2, 0) is 13.0 Å². The van der Waals surface area contributed by atoms with Crippen molar-refractivity contribution in [3.63, 3.8) is 0 Å². The fraction of sp³-hybridized carbons (Fsp3) is 0.125. The molecular weight excluding hydrogens is 376 g/mol. The summed E-state index contributed by atoms with van der Waals surface area (Å²) < 4.78 is 2.17. The normalized spacial score (nSPS) is 13.1. The summed E-state index contributed by atoms with van der Waals surface area (Å²) >= 11 is 1.71. The lowest BCUT2D eigenvalue weighted by Gasteiger charge is -2.09. The summed E-state index contributed by atoms with van der Waals surface area (Å²) in [5, 5.41) is 8.25. The smallest absolute Gasteiger partial charge is 0.119 e. The molecule has 5 aromatic rings. The molecule has 29 heavy (non-hydrogen) atoms. The molecular formula is C24H18N4S. The maximum atomic E-state index is 5.00. The SMILES string of the molecule is c1cc(-c2cccs2)nc(-c2nn3c(c2-c2ccnc4ccccc24)CCC3)c1. The summed E-state index contributed by atoms with van der Waals surface area (Å²) in [4.78, 5) is 10.7. The largest absolute Gasteiger partial charge is 0.268 e. The number of aromatic nitrogens is 4. The van der Waals surface area contributed by atoms with E-state index in [-0.39, 0.29) is 0 Å². The van der Waals surface area contributed by atoms with Crippen LogP contribution in [0.1, 0.15) is 12.1 Å². The Morgan fingerprint density at radius 1 is 0.897 bits per heavy atom. The van der Waals surface area contributed by atoms with Crippen LogP contribution in [0.15, 0.2) is 72.2 Å². The zero-order chi connectivity index (χ0) is 19.2. The van der Waals surface area contributed by atoms with Crippen molar-refractivity contribution >= 4 is 22.2 Å². The van der Waals surface area contributed by atoms with Crippen molar-refractivity contribution in [1.82, 2.24) is 19.7 Å². The highest BCUT2D eigenvalue weighted by Crippen LogP contribution is 2.40. The third-order valence-electron chi connectivity index (χ3n) is 5.52. The van der Waals surface area contributed by atoms with Gasteiger partial charge >= 0.3 is 0 Å². The molecule has 0 N–H and O–H groups in total. The second-order valence-corrected chi connectivity index (χ2v) is 8.21. The van der Waals surface area contributed by atoms with Crippen molar-refractivity contribution in [1.29, 1.82) is 0 Å². The Morgan fingerprint density at radius 3 is 2.76 bits per heavy atom. The Hall–Kier alpha value is -3.31. The van der Waals surface area contributed by atoms with Crippen LogP contribution in [0.3, 0.4) is 0 Å².